The summed E-state index contributed by atoms with van der Waals surface area (Å²) in [5, 5.41) is 13.8. The maximum Gasteiger partial charge on any atom is 0.269 e. The summed E-state index contributed by atoms with van der Waals surface area (Å²) < 4.78 is 13.2. The highest BCUT2D eigenvalue weighted by Crippen LogP contribution is 2.23. The predicted octanol–water partition coefficient (Wildman–Crippen LogP) is 2.35. The Hall–Kier alpha value is -0.950. The number of hydrogen-bond acceptors (Lipinski definition) is 4. The molecule has 5 nitrogen and oxygen atoms in total. The Morgan fingerprint density at radius 1 is 1.25 bits per heavy atom. The first-order valence-corrected chi connectivity index (χ1v) is 5.97. The van der Waals surface area contributed by atoms with Crippen LogP contribution < -0.4 is 5.32 Å². The molecule has 0 unspecified atom stereocenters. The Labute approximate surface area is 129 Å². The molecule has 0 spiro atoms. The first-order chi connectivity index (χ1) is 8.72. The molecule has 1 aromatic rings. The van der Waals surface area contributed by atoms with Gasteiger partial charge in [0.05, 0.1) is 11.0 Å². The van der Waals surface area contributed by atoms with Gasteiger partial charge in [0.2, 0.25) is 0 Å². The fourth-order valence-corrected chi connectivity index (χ4v) is 2.21. The van der Waals surface area contributed by atoms with Crippen LogP contribution in [0.1, 0.15) is 11.6 Å². The summed E-state index contributed by atoms with van der Waals surface area (Å²) in [6, 6.07) is 5.85. The molecule has 0 aromatic heterocycles. The minimum absolute atomic E-state index is 0. The van der Waals surface area contributed by atoms with Crippen molar-refractivity contribution in [1.29, 1.82) is 0 Å². The van der Waals surface area contributed by atoms with Gasteiger partial charge in [0.25, 0.3) is 5.69 Å². The third-order valence-electron chi connectivity index (χ3n) is 3.23. The summed E-state index contributed by atoms with van der Waals surface area (Å²) >= 11 is 0. The summed E-state index contributed by atoms with van der Waals surface area (Å²) in [7, 11) is 0. The van der Waals surface area contributed by atoms with E-state index in [9.17, 15) is 14.5 Å². The average Bonchev–Trinajstić information content (AvgIpc) is 2.41. The lowest BCUT2D eigenvalue weighted by molar-refractivity contribution is -0.384. The number of nitro groups is 1. The van der Waals surface area contributed by atoms with Crippen molar-refractivity contribution in [2.75, 3.05) is 32.9 Å². The third kappa shape index (κ3) is 4.56. The van der Waals surface area contributed by atoms with Crippen molar-refractivity contribution < 1.29 is 9.31 Å². The number of non-ortho nitro benzene ring substituents is 1. The summed E-state index contributed by atoms with van der Waals surface area (Å²) in [6.07, 6.45) is 0. The molecular formula is C12H18Cl2FN3O2. The molecule has 1 heterocycles. The number of rotatable bonds is 4. The molecule has 0 aliphatic carbocycles. The lowest BCUT2D eigenvalue weighted by Gasteiger charge is -2.33. The number of halogens is 3. The molecule has 0 saturated carbocycles. The first kappa shape index (κ1) is 19.1. The second kappa shape index (κ2) is 9.07. The van der Waals surface area contributed by atoms with Gasteiger partial charge in [-0.3, -0.25) is 15.0 Å². The molecule has 8 heteroatoms. The predicted molar refractivity (Wildman–Crippen MR) is 80.8 cm³/mol. The van der Waals surface area contributed by atoms with E-state index in [0.29, 0.717) is 0 Å². The fourth-order valence-electron chi connectivity index (χ4n) is 2.21. The van der Waals surface area contributed by atoms with E-state index >= 15 is 0 Å². The van der Waals surface area contributed by atoms with E-state index in [1.54, 1.807) is 12.1 Å². The number of nitrogens with one attached hydrogen (secondary N) is 1. The molecule has 1 aromatic carbocycles. The highest BCUT2D eigenvalue weighted by atomic mass is 35.5. The Bertz CT molecular complexity index is 414. The standard InChI is InChI=1S/C12H16FN3O2.2ClH/c13-9-12(15-7-5-14-6-8-15)10-1-3-11(4-2-10)16(17)18;;/h1-4,12,14H,5-9H2;2*1H/t12-;;/m0../s1. The van der Waals surface area contributed by atoms with E-state index in [2.05, 4.69) is 10.2 Å². The topological polar surface area (TPSA) is 58.4 Å². The molecule has 1 fully saturated rings. The lowest BCUT2D eigenvalue weighted by Crippen LogP contribution is -2.45. The molecule has 0 radical (unpaired) electrons. The van der Waals surface area contributed by atoms with E-state index in [4.69, 9.17) is 0 Å². The van der Waals surface area contributed by atoms with Gasteiger partial charge in [0, 0.05) is 38.3 Å². The van der Waals surface area contributed by atoms with Crippen LogP contribution in [0.25, 0.3) is 0 Å². The molecule has 114 valence electrons. The Morgan fingerprint density at radius 3 is 2.25 bits per heavy atom. The van der Waals surface area contributed by atoms with Gasteiger partial charge in [-0.15, -0.1) is 24.8 Å². The average molecular weight is 326 g/mol. The number of nitro benzene ring substituents is 1. The Morgan fingerprint density at radius 2 is 1.80 bits per heavy atom. The number of benzene rings is 1. The molecule has 0 amide bonds. The minimum Gasteiger partial charge on any atom is -0.314 e. The van der Waals surface area contributed by atoms with Gasteiger partial charge in [-0.2, -0.15) is 0 Å². The molecular weight excluding hydrogens is 308 g/mol. The van der Waals surface area contributed by atoms with E-state index in [1.165, 1.54) is 12.1 Å². The van der Waals surface area contributed by atoms with Crippen molar-refractivity contribution in [3.63, 3.8) is 0 Å². The number of nitrogens with zero attached hydrogens (tertiary/aromatic N) is 2. The first-order valence-electron chi connectivity index (χ1n) is 5.97. The van der Waals surface area contributed by atoms with Crippen molar-refractivity contribution in [3.05, 3.63) is 39.9 Å². The normalized spacial score (nSPS) is 16.6. The SMILES string of the molecule is Cl.Cl.O=[N+]([O-])c1ccc([C@H](CF)N2CCNCC2)cc1. The summed E-state index contributed by atoms with van der Waals surface area (Å²) in [6.45, 7) is 2.82. The van der Waals surface area contributed by atoms with Gasteiger partial charge < -0.3 is 5.32 Å². The van der Waals surface area contributed by atoms with Crippen LogP contribution in [0.3, 0.4) is 0 Å². The van der Waals surface area contributed by atoms with Crippen LogP contribution in [0.2, 0.25) is 0 Å². The van der Waals surface area contributed by atoms with Crippen LogP contribution in [-0.4, -0.2) is 42.7 Å². The third-order valence-corrected chi connectivity index (χ3v) is 3.23. The smallest absolute Gasteiger partial charge is 0.269 e. The second-order valence-corrected chi connectivity index (χ2v) is 4.30. The molecule has 20 heavy (non-hydrogen) atoms. The largest absolute Gasteiger partial charge is 0.314 e. The van der Waals surface area contributed by atoms with E-state index in [1.807, 2.05) is 0 Å². The number of piperazine rings is 1. The van der Waals surface area contributed by atoms with E-state index in [0.717, 1.165) is 31.7 Å². The Kier molecular flexibility index (Phi) is 8.64. The molecule has 1 aliphatic heterocycles. The zero-order chi connectivity index (χ0) is 13.0. The summed E-state index contributed by atoms with van der Waals surface area (Å²) in [5.41, 5.74) is 0.835. The van der Waals surface area contributed by atoms with Gasteiger partial charge in [-0.05, 0) is 5.56 Å². The minimum atomic E-state index is -0.474. The van der Waals surface area contributed by atoms with Gasteiger partial charge >= 0.3 is 0 Å². The van der Waals surface area contributed by atoms with E-state index in [-0.39, 0.29) is 36.5 Å². The molecule has 0 bridgehead atoms. The highest BCUT2D eigenvalue weighted by Gasteiger charge is 2.22. The fraction of sp³-hybridized carbons (Fsp3) is 0.500. The van der Waals surface area contributed by atoms with Crippen molar-refractivity contribution in [2.24, 2.45) is 0 Å². The quantitative estimate of drug-likeness (QED) is 0.682. The van der Waals surface area contributed by atoms with Gasteiger partial charge in [-0.1, -0.05) is 12.1 Å². The van der Waals surface area contributed by atoms with Crippen molar-refractivity contribution in [1.82, 2.24) is 10.2 Å². The maximum absolute atomic E-state index is 13.2. The van der Waals surface area contributed by atoms with Crippen LogP contribution >= 0.6 is 24.8 Å². The summed E-state index contributed by atoms with van der Waals surface area (Å²) in [4.78, 5) is 12.2. The van der Waals surface area contributed by atoms with Gasteiger partial charge in [-0.25, -0.2) is 4.39 Å². The maximum atomic E-state index is 13.2. The van der Waals surface area contributed by atoms with E-state index < -0.39 is 11.6 Å². The zero-order valence-electron chi connectivity index (χ0n) is 10.8. The van der Waals surface area contributed by atoms with Crippen LogP contribution in [0, 0.1) is 10.1 Å². The van der Waals surface area contributed by atoms with Gasteiger partial charge in [0.15, 0.2) is 0 Å². The van der Waals surface area contributed by atoms with Gasteiger partial charge in [0.1, 0.15) is 6.67 Å². The van der Waals surface area contributed by atoms with Crippen LogP contribution in [-0.2, 0) is 0 Å². The lowest BCUT2D eigenvalue weighted by atomic mass is 10.1. The van der Waals surface area contributed by atoms with Crippen molar-refractivity contribution in [3.8, 4) is 0 Å². The molecule has 1 atom stereocenters. The number of alkyl halides is 1. The highest BCUT2D eigenvalue weighted by molar-refractivity contribution is 5.85. The van der Waals surface area contributed by atoms with Crippen LogP contribution in [0.15, 0.2) is 24.3 Å². The van der Waals surface area contributed by atoms with Crippen LogP contribution in [0.4, 0.5) is 10.1 Å². The second-order valence-electron chi connectivity index (χ2n) is 4.30. The zero-order valence-corrected chi connectivity index (χ0v) is 12.5. The summed E-state index contributed by atoms with van der Waals surface area (Å²) in [5.74, 6) is 0. The molecule has 1 aliphatic rings. The monoisotopic (exact) mass is 325 g/mol. The van der Waals surface area contributed by atoms with Crippen molar-refractivity contribution in [2.45, 2.75) is 6.04 Å². The number of hydrogen-bond donors (Lipinski definition) is 1. The Balaban J connectivity index is 0.00000180. The molecule has 1 N–H and O–H groups in total. The molecule has 2 rings (SSSR count). The van der Waals surface area contributed by atoms with Crippen molar-refractivity contribution >= 4 is 30.5 Å². The molecule has 1 saturated heterocycles. The van der Waals surface area contributed by atoms with Crippen LogP contribution in [0.5, 0.6) is 0 Å².